The fourth-order valence-corrected chi connectivity index (χ4v) is 3.59. The first-order valence-electron chi connectivity index (χ1n) is 9.07. The van der Waals surface area contributed by atoms with Crippen molar-refractivity contribution in [3.05, 3.63) is 71.3 Å². The monoisotopic (exact) mass is 397 g/mol. The Balaban J connectivity index is 1.45. The molecule has 0 bridgehead atoms. The number of carbonyl (C=O) groups is 2. The van der Waals surface area contributed by atoms with Gasteiger partial charge in [-0.1, -0.05) is 36.4 Å². The van der Waals surface area contributed by atoms with E-state index in [-0.39, 0.29) is 11.4 Å². The lowest BCUT2D eigenvalue weighted by Crippen LogP contribution is -2.21. The summed E-state index contributed by atoms with van der Waals surface area (Å²) < 4.78 is 34.4. The molecule has 0 fully saturated rings. The predicted octanol–water partition coefficient (Wildman–Crippen LogP) is 4.34. The Morgan fingerprint density at radius 2 is 1.72 bits per heavy atom. The van der Waals surface area contributed by atoms with Gasteiger partial charge in [0.05, 0.1) is 11.3 Å². The zero-order chi connectivity index (χ0) is 20.4. The standard InChI is InChI=1S/C22H17F2NO4/c23-22(24)29-18-7-2-1-6-17(18)25-19(26)12-28-21(27)16-11-10-14-9-8-13-4-3-5-15(16)20(13)14/h1-7,10-11,22H,8-9,12H2,(H,25,26). The van der Waals surface area contributed by atoms with Gasteiger partial charge in [0.1, 0.15) is 5.75 Å². The quantitative estimate of drug-likeness (QED) is 0.629. The molecule has 1 amide bonds. The van der Waals surface area contributed by atoms with E-state index in [4.69, 9.17) is 4.74 Å². The van der Waals surface area contributed by atoms with Crippen LogP contribution in [0.1, 0.15) is 21.5 Å². The molecule has 0 unspecified atom stereocenters. The van der Waals surface area contributed by atoms with E-state index in [2.05, 4.69) is 10.1 Å². The molecule has 7 heteroatoms. The lowest BCUT2D eigenvalue weighted by molar-refractivity contribution is -0.119. The molecule has 0 saturated heterocycles. The number of alkyl halides is 2. The molecule has 0 heterocycles. The molecule has 0 atom stereocenters. The number of nitrogens with one attached hydrogen (secondary N) is 1. The van der Waals surface area contributed by atoms with Crippen LogP contribution in [0.4, 0.5) is 14.5 Å². The van der Waals surface area contributed by atoms with Crippen LogP contribution >= 0.6 is 0 Å². The summed E-state index contributed by atoms with van der Waals surface area (Å²) in [7, 11) is 0. The number of hydrogen-bond acceptors (Lipinski definition) is 4. The van der Waals surface area contributed by atoms with Crippen molar-refractivity contribution in [2.75, 3.05) is 11.9 Å². The van der Waals surface area contributed by atoms with E-state index in [0.717, 1.165) is 23.6 Å². The van der Waals surface area contributed by atoms with Crippen LogP contribution < -0.4 is 10.1 Å². The third kappa shape index (κ3) is 3.89. The van der Waals surface area contributed by atoms with Gasteiger partial charge in [-0.05, 0) is 52.9 Å². The highest BCUT2D eigenvalue weighted by Gasteiger charge is 2.20. The Labute approximate surface area is 165 Å². The highest BCUT2D eigenvalue weighted by molar-refractivity contribution is 6.07. The first-order valence-corrected chi connectivity index (χ1v) is 9.07. The Hall–Kier alpha value is -3.48. The van der Waals surface area contributed by atoms with Crippen LogP contribution in [-0.4, -0.2) is 25.1 Å². The summed E-state index contributed by atoms with van der Waals surface area (Å²) in [6.07, 6.45) is 1.88. The van der Waals surface area contributed by atoms with E-state index in [1.54, 1.807) is 12.1 Å². The third-order valence-corrected chi connectivity index (χ3v) is 4.81. The van der Waals surface area contributed by atoms with Crippen molar-refractivity contribution in [3.8, 4) is 5.75 Å². The van der Waals surface area contributed by atoms with Crippen molar-refractivity contribution in [1.82, 2.24) is 0 Å². The van der Waals surface area contributed by atoms with E-state index in [1.807, 2.05) is 24.3 Å². The van der Waals surface area contributed by atoms with Gasteiger partial charge in [0.15, 0.2) is 6.61 Å². The van der Waals surface area contributed by atoms with Gasteiger partial charge in [-0.3, -0.25) is 4.79 Å². The number of esters is 1. The number of rotatable bonds is 6. The van der Waals surface area contributed by atoms with Gasteiger partial charge in [0.25, 0.3) is 5.91 Å². The van der Waals surface area contributed by atoms with Crippen LogP contribution in [-0.2, 0) is 22.4 Å². The lowest BCUT2D eigenvalue weighted by Gasteiger charge is -2.12. The SMILES string of the molecule is O=C(COC(=O)c1ccc2c3c(cccc13)CC2)Nc1ccccc1OC(F)F. The van der Waals surface area contributed by atoms with Gasteiger partial charge in [-0.2, -0.15) is 8.78 Å². The third-order valence-electron chi connectivity index (χ3n) is 4.81. The van der Waals surface area contributed by atoms with Crippen molar-refractivity contribution in [1.29, 1.82) is 0 Å². The number of anilines is 1. The predicted molar refractivity (Wildman–Crippen MR) is 103 cm³/mol. The van der Waals surface area contributed by atoms with Crippen LogP contribution in [0.2, 0.25) is 0 Å². The van der Waals surface area contributed by atoms with Gasteiger partial charge < -0.3 is 14.8 Å². The molecule has 5 nitrogen and oxygen atoms in total. The minimum atomic E-state index is -3.02. The second-order valence-electron chi connectivity index (χ2n) is 6.61. The molecule has 148 valence electrons. The van der Waals surface area contributed by atoms with Crippen LogP contribution in [0.25, 0.3) is 10.8 Å². The fourth-order valence-electron chi connectivity index (χ4n) is 3.59. The van der Waals surface area contributed by atoms with Crippen molar-refractivity contribution in [2.45, 2.75) is 19.5 Å². The second-order valence-corrected chi connectivity index (χ2v) is 6.61. The number of amides is 1. The average molecular weight is 397 g/mol. The molecule has 29 heavy (non-hydrogen) atoms. The zero-order valence-corrected chi connectivity index (χ0v) is 15.3. The maximum absolute atomic E-state index is 12.5. The first-order chi connectivity index (χ1) is 14.0. The molecule has 0 saturated carbocycles. The molecule has 0 aliphatic heterocycles. The normalized spacial score (nSPS) is 12.2. The van der Waals surface area contributed by atoms with Gasteiger partial charge in [0.2, 0.25) is 0 Å². The minimum Gasteiger partial charge on any atom is -0.452 e. The maximum Gasteiger partial charge on any atom is 0.387 e. The van der Waals surface area contributed by atoms with Crippen LogP contribution in [0.15, 0.2) is 54.6 Å². The summed E-state index contributed by atoms with van der Waals surface area (Å²) in [5.41, 5.74) is 2.85. The molecular formula is C22H17F2NO4. The van der Waals surface area contributed by atoms with Crippen LogP contribution in [0.5, 0.6) is 5.75 Å². The zero-order valence-electron chi connectivity index (χ0n) is 15.3. The molecule has 3 aromatic carbocycles. The highest BCUT2D eigenvalue weighted by atomic mass is 19.3. The van der Waals surface area contributed by atoms with Crippen molar-refractivity contribution >= 4 is 28.3 Å². The largest absolute Gasteiger partial charge is 0.452 e. The topological polar surface area (TPSA) is 64.6 Å². The van der Waals surface area contributed by atoms with Crippen molar-refractivity contribution in [2.24, 2.45) is 0 Å². The Bertz CT molecular complexity index is 1090. The summed E-state index contributed by atoms with van der Waals surface area (Å²) in [6, 6.07) is 15.2. The van der Waals surface area contributed by atoms with E-state index in [1.165, 1.54) is 29.3 Å². The van der Waals surface area contributed by atoms with Crippen molar-refractivity contribution < 1.29 is 27.8 Å². The number of hydrogen-bond donors (Lipinski definition) is 1. The van der Waals surface area contributed by atoms with Crippen molar-refractivity contribution in [3.63, 3.8) is 0 Å². The van der Waals surface area contributed by atoms with Gasteiger partial charge >= 0.3 is 12.6 Å². The van der Waals surface area contributed by atoms with Crippen LogP contribution in [0.3, 0.4) is 0 Å². The number of benzene rings is 3. The van der Waals surface area contributed by atoms with Crippen LogP contribution in [0, 0.1) is 0 Å². The molecule has 0 aromatic heterocycles. The Morgan fingerprint density at radius 3 is 2.52 bits per heavy atom. The summed E-state index contributed by atoms with van der Waals surface area (Å²) in [5.74, 6) is -1.45. The maximum atomic E-state index is 12.5. The summed E-state index contributed by atoms with van der Waals surface area (Å²) in [6.45, 7) is -3.57. The molecule has 1 aliphatic carbocycles. The number of ether oxygens (including phenoxy) is 2. The summed E-state index contributed by atoms with van der Waals surface area (Å²) >= 11 is 0. The van der Waals surface area contributed by atoms with E-state index in [0.29, 0.717) is 5.56 Å². The lowest BCUT2D eigenvalue weighted by atomic mass is 10.00. The molecule has 1 aliphatic rings. The Kier molecular flexibility index (Phi) is 5.12. The highest BCUT2D eigenvalue weighted by Crippen LogP contribution is 2.33. The van der Waals surface area contributed by atoms with E-state index >= 15 is 0 Å². The summed E-state index contributed by atoms with van der Waals surface area (Å²) in [5, 5.41) is 4.29. The van der Waals surface area contributed by atoms with E-state index < -0.39 is 25.1 Å². The molecule has 0 radical (unpaired) electrons. The molecule has 1 N–H and O–H groups in total. The molecule has 3 aromatic rings. The Morgan fingerprint density at radius 1 is 0.966 bits per heavy atom. The number of aryl methyl sites for hydroxylation is 2. The molecule has 4 rings (SSSR count). The number of halogens is 2. The van der Waals surface area contributed by atoms with E-state index in [9.17, 15) is 18.4 Å². The van der Waals surface area contributed by atoms with Gasteiger partial charge in [-0.25, -0.2) is 4.79 Å². The summed E-state index contributed by atoms with van der Waals surface area (Å²) in [4.78, 5) is 24.7. The van der Waals surface area contributed by atoms with Gasteiger partial charge in [-0.15, -0.1) is 0 Å². The fraction of sp³-hybridized carbons (Fsp3) is 0.182. The van der Waals surface area contributed by atoms with Gasteiger partial charge in [0, 0.05) is 0 Å². The second kappa shape index (κ2) is 7.87. The number of para-hydroxylation sites is 2. The minimum absolute atomic E-state index is 0.0687. The molecule has 0 spiro atoms. The number of carbonyl (C=O) groups excluding carboxylic acids is 2. The molecular weight excluding hydrogens is 380 g/mol. The average Bonchev–Trinajstić information content (AvgIpc) is 3.13. The first kappa shape index (κ1) is 18.9. The smallest absolute Gasteiger partial charge is 0.387 e.